The van der Waals surface area contributed by atoms with E-state index in [-0.39, 0.29) is 22.0 Å². The third-order valence-corrected chi connectivity index (χ3v) is 2.92. The fourth-order valence-corrected chi connectivity index (χ4v) is 1.92. The number of halogens is 1. The molecule has 0 aliphatic carbocycles. The van der Waals surface area contributed by atoms with Gasteiger partial charge in [-0.15, -0.1) is 0 Å². The first-order valence-corrected chi connectivity index (χ1v) is 6.23. The van der Waals surface area contributed by atoms with Crippen molar-refractivity contribution in [2.45, 2.75) is 0 Å². The molecule has 0 atom stereocenters. The molecule has 0 saturated heterocycles. The van der Waals surface area contributed by atoms with Crippen LogP contribution in [-0.4, -0.2) is 32.9 Å². The van der Waals surface area contributed by atoms with Crippen LogP contribution in [0, 0.1) is 0 Å². The number of primary amides is 1. The van der Waals surface area contributed by atoms with Crippen molar-refractivity contribution in [3.63, 3.8) is 0 Å². The topological polar surface area (TPSA) is 135 Å². The zero-order valence-electron chi connectivity index (χ0n) is 10.9. The zero-order chi connectivity index (χ0) is 16.3. The molecule has 0 fully saturated rings. The van der Waals surface area contributed by atoms with E-state index in [1.165, 1.54) is 30.6 Å². The first-order valence-electron chi connectivity index (χ1n) is 5.85. The van der Waals surface area contributed by atoms with E-state index in [4.69, 9.17) is 22.4 Å². The molecule has 0 saturated carbocycles. The molecule has 0 aliphatic heterocycles. The standard InChI is InChI=1S/C13H9ClN4O4/c14-8-5-6(1-2-7(8)11(15)19)18-12(20)9-10(13(21)22)17-4-3-16-9/h1-5H,(H2,15,19)(H,18,20)(H,21,22). The largest absolute Gasteiger partial charge is 0.476 e. The summed E-state index contributed by atoms with van der Waals surface area (Å²) >= 11 is 5.86. The Hall–Kier alpha value is -3.00. The Bertz CT molecular complexity index is 778. The second-order valence-corrected chi connectivity index (χ2v) is 4.48. The summed E-state index contributed by atoms with van der Waals surface area (Å²) < 4.78 is 0. The minimum absolute atomic E-state index is 0.0582. The molecular formula is C13H9ClN4O4. The van der Waals surface area contributed by atoms with Crippen LogP contribution in [0.5, 0.6) is 0 Å². The second-order valence-electron chi connectivity index (χ2n) is 4.07. The van der Waals surface area contributed by atoms with E-state index < -0.39 is 23.5 Å². The molecule has 2 amide bonds. The zero-order valence-corrected chi connectivity index (χ0v) is 11.7. The highest BCUT2D eigenvalue weighted by molar-refractivity contribution is 6.34. The summed E-state index contributed by atoms with van der Waals surface area (Å²) in [6.45, 7) is 0. The van der Waals surface area contributed by atoms with Gasteiger partial charge in [0.2, 0.25) is 5.91 Å². The third kappa shape index (κ3) is 3.18. The summed E-state index contributed by atoms with van der Waals surface area (Å²) in [5.41, 5.74) is 4.66. The number of anilines is 1. The maximum absolute atomic E-state index is 12.1. The molecule has 0 aliphatic rings. The molecule has 0 spiro atoms. The number of carbonyl (C=O) groups excluding carboxylic acids is 2. The van der Waals surface area contributed by atoms with Gasteiger partial charge in [-0.25, -0.2) is 14.8 Å². The van der Waals surface area contributed by atoms with E-state index in [0.29, 0.717) is 0 Å². The van der Waals surface area contributed by atoms with Gasteiger partial charge in [-0.3, -0.25) is 9.59 Å². The van der Waals surface area contributed by atoms with Crippen LogP contribution in [-0.2, 0) is 0 Å². The first-order chi connectivity index (χ1) is 10.4. The molecule has 1 aromatic carbocycles. The average molecular weight is 321 g/mol. The lowest BCUT2D eigenvalue weighted by molar-refractivity contribution is 0.0684. The van der Waals surface area contributed by atoms with Crippen LogP contribution in [0.2, 0.25) is 5.02 Å². The number of carbonyl (C=O) groups is 3. The van der Waals surface area contributed by atoms with E-state index in [9.17, 15) is 14.4 Å². The monoisotopic (exact) mass is 320 g/mol. The predicted molar refractivity (Wildman–Crippen MR) is 76.9 cm³/mol. The van der Waals surface area contributed by atoms with Crippen LogP contribution in [0.1, 0.15) is 31.3 Å². The lowest BCUT2D eigenvalue weighted by Crippen LogP contribution is -2.19. The molecule has 112 valence electrons. The number of nitrogens with two attached hydrogens (primary N) is 1. The van der Waals surface area contributed by atoms with Gasteiger partial charge >= 0.3 is 5.97 Å². The maximum Gasteiger partial charge on any atom is 0.356 e. The lowest BCUT2D eigenvalue weighted by Gasteiger charge is -2.08. The minimum atomic E-state index is -1.37. The summed E-state index contributed by atoms with van der Waals surface area (Å²) in [4.78, 5) is 41.4. The van der Waals surface area contributed by atoms with Crippen LogP contribution in [0.3, 0.4) is 0 Å². The molecule has 8 nitrogen and oxygen atoms in total. The van der Waals surface area contributed by atoms with Crippen molar-refractivity contribution >= 4 is 35.1 Å². The molecule has 1 aromatic heterocycles. The van der Waals surface area contributed by atoms with Crippen molar-refractivity contribution in [2.24, 2.45) is 5.73 Å². The molecule has 22 heavy (non-hydrogen) atoms. The van der Waals surface area contributed by atoms with Gasteiger partial charge in [0.1, 0.15) is 0 Å². The molecule has 0 radical (unpaired) electrons. The number of nitrogens with zero attached hydrogens (tertiary/aromatic N) is 2. The number of hydrogen-bond acceptors (Lipinski definition) is 5. The number of aromatic carboxylic acids is 1. The highest BCUT2D eigenvalue weighted by Gasteiger charge is 2.19. The van der Waals surface area contributed by atoms with E-state index in [1.807, 2.05) is 0 Å². The van der Waals surface area contributed by atoms with Gasteiger partial charge in [-0.1, -0.05) is 11.6 Å². The summed E-state index contributed by atoms with van der Waals surface area (Å²) in [6, 6.07) is 4.06. The van der Waals surface area contributed by atoms with Crippen molar-refractivity contribution < 1.29 is 19.5 Å². The molecule has 2 rings (SSSR count). The summed E-state index contributed by atoms with van der Waals surface area (Å²) in [7, 11) is 0. The normalized spacial score (nSPS) is 10.0. The van der Waals surface area contributed by atoms with Crippen LogP contribution < -0.4 is 11.1 Å². The van der Waals surface area contributed by atoms with E-state index >= 15 is 0 Å². The van der Waals surface area contributed by atoms with Gasteiger partial charge in [0.05, 0.1) is 10.6 Å². The number of carboxylic acids is 1. The number of rotatable bonds is 4. The molecule has 2 aromatic rings. The molecule has 0 unspecified atom stereocenters. The molecule has 1 heterocycles. The number of aromatic nitrogens is 2. The fraction of sp³-hybridized carbons (Fsp3) is 0. The van der Waals surface area contributed by atoms with Crippen LogP contribution >= 0.6 is 11.6 Å². The Morgan fingerprint density at radius 3 is 2.32 bits per heavy atom. The predicted octanol–water partition coefficient (Wildman–Crippen LogP) is 1.18. The molecule has 9 heteroatoms. The third-order valence-electron chi connectivity index (χ3n) is 2.61. The van der Waals surface area contributed by atoms with Crippen LogP contribution in [0.4, 0.5) is 5.69 Å². The minimum Gasteiger partial charge on any atom is -0.476 e. The maximum atomic E-state index is 12.1. The quantitative estimate of drug-likeness (QED) is 0.774. The first kappa shape index (κ1) is 15.4. The SMILES string of the molecule is NC(=O)c1ccc(NC(=O)c2nccnc2C(=O)O)cc1Cl. The van der Waals surface area contributed by atoms with Gasteiger partial charge in [0.15, 0.2) is 11.4 Å². The molecule has 0 bridgehead atoms. The van der Waals surface area contributed by atoms with Gasteiger partial charge in [0.25, 0.3) is 5.91 Å². The number of amides is 2. The number of benzene rings is 1. The van der Waals surface area contributed by atoms with Crippen molar-refractivity contribution in [1.82, 2.24) is 9.97 Å². The fourth-order valence-electron chi connectivity index (χ4n) is 1.64. The Morgan fingerprint density at radius 1 is 1.14 bits per heavy atom. The highest BCUT2D eigenvalue weighted by Crippen LogP contribution is 2.21. The van der Waals surface area contributed by atoms with Gasteiger partial charge < -0.3 is 16.2 Å². The summed E-state index contributed by atoms with van der Waals surface area (Å²) in [5.74, 6) is -2.85. The average Bonchev–Trinajstić information content (AvgIpc) is 2.46. The Kier molecular flexibility index (Phi) is 4.33. The smallest absolute Gasteiger partial charge is 0.356 e. The van der Waals surface area contributed by atoms with E-state index in [1.54, 1.807) is 0 Å². The number of hydrogen-bond donors (Lipinski definition) is 3. The van der Waals surface area contributed by atoms with Crippen molar-refractivity contribution in [1.29, 1.82) is 0 Å². The van der Waals surface area contributed by atoms with Gasteiger partial charge in [-0.2, -0.15) is 0 Å². The van der Waals surface area contributed by atoms with Gasteiger partial charge in [0, 0.05) is 18.1 Å². The number of carboxylic acid groups (broad SMARTS) is 1. The molecular weight excluding hydrogens is 312 g/mol. The highest BCUT2D eigenvalue weighted by atomic mass is 35.5. The van der Waals surface area contributed by atoms with Crippen molar-refractivity contribution in [2.75, 3.05) is 5.32 Å². The van der Waals surface area contributed by atoms with Crippen LogP contribution in [0.25, 0.3) is 0 Å². The number of nitrogens with one attached hydrogen (secondary N) is 1. The Balaban J connectivity index is 2.28. The summed E-state index contributed by atoms with van der Waals surface area (Å²) in [5, 5.41) is 11.4. The lowest BCUT2D eigenvalue weighted by atomic mass is 10.2. The van der Waals surface area contributed by atoms with Crippen molar-refractivity contribution in [3.8, 4) is 0 Å². The Labute approximate surface area is 128 Å². The summed E-state index contributed by atoms with van der Waals surface area (Å²) in [6.07, 6.45) is 2.36. The van der Waals surface area contributed by atoms with E-state index in [0.717, 1.165) is 0 Å². The second kappa shape index (κ2) is 6.19. The van der Waals surface area contributed by atoms with Gasteiger partial charge in [-0.05, 0) is 18.2 Å². The van der Waals surface area contributed by atoms with E-state index in [2.05, 4.69) is 15.3 Å². The van der Waals surface area contributed by atoms with Crippen molar-refractivity contribution in [3.05, 3.63) is 52.6 Å². The van der Waals surface area contributed by atoms with Crippen LogP contribution in [0.15, 0.2) is 30.6 Å². The molecule has 4 N–H and O–H groups in total. The Morgan fingerprint density at radius 2 is 1.77 bits per heavy atom.